The Labute approximate surface area is 119 Å². The molecule has 0 spiro atoms. The molecule has 20 heavy (non-hydrogen) atoms. The zero-order chi connectivity index (χ0) is 15.9. The van der Waals surface area contributed by atoms with Gasteiger partial charge in [0, 0.05) is 6.42 Å². The van der Waals surface area contributed by atoms with Gasteiger partial charge in [0.1, 0.15) is 11.6 Å². The van der Waals surface area contributed by atoms with E-state index in [9.17, 15) is 14.4 Å². The Morgan fingerprint density at radius 2 is 1.70 bits per heavy atom. The third-order valence-electron chi connectivity index (χ3n) is 2.30. The molecule has 6 nitrogen and oxygen atoms in total. The molecule has 6 heteroatoms. The van der Waals surface area contributed by atoms with E-state index in [-0.39, 0.29) is 18.8 Å². The van der Waals surface area contributed by atoms with Gasteiger partial charge in [-0.2, -0.15) is 0 Å². The molecule has 0 aromatic carbocycles. The van der Waals surface area contributed by atoms with Crippen LogP contribution in [0.1, 0.15) is 53.9 Å². The molecule has 0 aromatic rings. The lowest BCUT2D eigenvalue weighted by Gasteiger charge is -2.25. The Morgan fingerprint density at radius 1 is 1.15 bits per heavy atom. The third kappa shape index (κ3) is 9.35. The smallest absolute Gasteiger partial charge is 0.329 e. The van der Waals surface area contributed by atoms with Crippen molar-refractivity contribution in [3.05, 3.63) is 0 Å². The second kappa shape index (κ2) is 7.87. The minimum Gasteiger partial charge on any atom is -0.481 e. The van der Waals surface area contributed by atoms with Gasteiger partial charge in [-0.15, -0.1) is 0 Å². The normalized spacial score (nSPS) is 12.9. The molecular formula is C14H25NO5. The van der Waals surface area contributed by atoms with Gasteiger partial charge in [-0.25, -0.2) is 4.79 Å². The van der Waals surface area contributed by atoms with Gasteiger partial charge in [-0.3, -0.25) is 9.59 Å². The lowest BCUT2D eigenvalue weighted by atomic mass is 10.0. The molecule has 0 bridgehead atoms. The number of aliphatic carboxylic acids is 1. The number of esters is 1. The molecule has 0 fully saturated rings. The zero-order valence-corrected chi connectivity index (χ0v) is 12.9. The quantitative estimate of drug-likeness (QED) is 0.695. The predicted octanol–water partition coefficient (Wildman–Crippen LogP) is 1.72. The van der Waals surface area contributed by atoms with Crippen LogP contribution in [0, 0.1) is 5.92 Å². The molecule has 0 aliphatic rings. The second-order valence-electron chi connectivity index (χ2n) is 6.18. The van der Waals surface area contributed by atoms with Gasteiger partial charge in [-0.05, 0) is 33.1 Å². The van der Waals surface area contributed by atoms with E-state index in [0.29, 0.717) is 6.42 Å². The summed E-state index contributed by atoms with van der Waals surface area (Å²) in [5.74, 6) is -1.79. The van der Waals surface area contributed by atoms with E-state index in [4.69, 9.17) is 9.84 Å². The average Bonchev–Trinajstić information content (AvgIpc) is 2.22. The molecule has 0 aliphatic carbocycles. The summed E-state index contributed by atoms with van der Waals surface area (Å²) in [4.78, 5) is 34.1. The Hall–Kier alpha value is -1.59. The van der Waals surface area contributed by atoms with Gasteiger partial charge in [0.15, 0.2) is 0 Å². The lowest BCUT2D eigenvalue weighted by Crippen LogP contribution is -2.45. The fourth-order valence-electron chi connectivity index (χ4n) is 1.55. The van der Waals surface area contributed by atoms with E-state index in [1.165, 1.54) is 0 Å². The molecule has 1 amide bonds. The number of carboxylic acid groups (broad SMARTS) is 1. The van der Waals surface area contributed by atoms with Crippen LogP contribution >= 0.6 is 0 Å². The number of rotatable bonds is 7. The summed E-state index contributed by atoms with van der Waals surface area (Å²) in [7, 11) is 0. The van der Waals surface area contributed by atoms with Crippen LogP contribution in [0.25, 0.3) is 0 Å². The SMILES string of the molecule is CC(C)CC(NC(=O)CCC(=O)O)C(=O)OC(C)(C)C. The molecule has 0 saturated heterocycles. The molecule has 116 valence electrons. The summed E-state index contributed by atoms with van der Waals surface area (Å²) >= 11 is 0. The van der Waals surface area contributed by atoms with Crippen LogP contribution in [0.15, 0.2) is 0 Å². The van der Waals surface area contributed by atoms with Crippen LogP contribution in [-0.2, 0) is 19.1 Å². The molecule has 2 N–H and O–H groups in total. The summed E-state index contributed by atoms with van der Waals surface area (Å²) in [6.07, 6.45) is 0.0506. The first-order chi connectivity index (χ1) is 9.01. The maximum Gasteiger partial charge on any atom is 0.329 e. The van der Waals surface area contributed by atoms with E-state index >= 15 is 0 Å². The highest BCUT2D eigenvalue weighted by Gasteiger charge is 2.27. The molecule has 0 aromatic heterocycles. The molecule has 0 aliphatic heterocycles. The summed E-state index contributed by atoms with van der Waals surface area (Å²) in [5, 5.41) is 11.1. The van der Waals surface area contributed by atoms with Crippen LogP contribution < -0.4 is 5.32 Å². The fourth-order valence-corrected chi connectivity index (χ4v) is 1.55. The molecule has 0 heterocycles. The van der Waals surface area contributed by atoms with Crippen molar-refractivity contribution in [2.45, 2.75) is 65.5 Å². The topological polar surface area (TPSA) is 92.7 Å². The second-order valence-corrected chi connectivity index (χ2v) is 6.18. The van der Waals surface area contributed by atoms with Crippen LogP contribution in [0.5, 0.6) is 0 Å². The highest BCUT2D eigenvalue weighted by Crippen LogP contribution is 2.13. The Kier molecular flexibility index (Phi) is 7.24. The maximum absolute atomic E-state index is 12.0. The lowest BCUT2D eigenvalue weighted by molar-refractivity contribution is -0.159. The van der Waals surface area contributed by atoms with Gasteiger partial charge in [-0.1, -0.05) is 13.8 Å². The van der Waals surface area contributed by atoms with E-state index < -0.39 is 29.5 Å². The van der Waals surface area contributed by atoms with E-state index in [2.05, 4.69) is 5.32 Å². The van der Waals surface area contributed by atoms with E-state index in [1.54, 1.807) is 20.8 Å². The van der Waals surface area contributed by atoms with Gasteiger partial charge >= 0.3 is 11.9 Å². The number of amides is 1. The van der Waals surface area contributed by atoms with Crippen molar-refractivity contribution in [3.63, 3.8) is 0 Å². The van der Waals surface area contributed by atoms with Crippen LogP contribution in [0.4, 0.5) is 0 Å². The summed E-state index contributed by atoms with van der Waals surface area (Å²) < 4.78 is 5.26. The van der Waals surface area contributed by atoms with Crippen molar-refractivity contribution >= 4 is 17.8 Å². The first-order valence-corrected chi connectivity index (χ1v) is 6.75. The van der Waals surface area contributed by atoms with Crippen molar-refractivity contribution in [2.75, 3.05) is 0 Å². The van der Waals surface area contributed by atoms with E-state index in [1.807, 2.05) is 13.8 Å². The Balaban J connectivity index is 4.59. The largest absolute Gasteiger partial charge is 0.481 e. The molecule has 0 saturated carbocycles. The molecule has 1 unspecified atom stereocenters. The van der Waals surface area contributed by atoms with Crippen molar-refractivity contribution < 1.29 is 24.2 Å². The number of carbonyl (C=O) groups excluding carboxylic acids is 2. The Morgan fingerprint density at radius 3 is 2.10 bits per heavy atom. The van der Waals surface area contributed by atoms with Gasteiger partial charge in [0.2, 0.25) is 5.91 Å². The number of carboxylic acids is 1. The predicted molar refractivity (Wildman–Crippen MR) is 74.1 cm³/mol. The summed E-state index contributed by atoms with van der Waals surface area (Å²) in [5.41, 5.74) is -0.627. The Bertz CT molecular complexity index is 357. The highest BCUT2D eigenvalue weighted by atomic mass is 16.6. The first-order valence-electron chi connectivity index (χ1n) is 6.75. The average molecular weight is 287 g/mol. The fraction of sp³-hybridized carbons (Fsp3) is 0.786. The van der Waals surface area contributed by atoms with Crippen molar-refractivity contribution in [2.24, 2.45) is 5.92 Å². The van der Waals surface area contributed by atoms with Crippen molar-refractivity contribution in [1.82, 2.24) is 5.32 Å². The number of ether oxygens (including phenoxy) is 1. The van der Waals surface area contributed by atoms with Gasteiger partial charge in [0.25, 0.3) is 0 Å². The van der Waals surface area contributed by atoms with Crippen molar-refractivity contribution in [3.8, 4) is 0 Å². The monoisotopic (exact) mass is 287 g/mol. The number of hydrogen-bond acceptors (Lipinski definition) is 4. The van der Waals surface area contributed by atoms with Gasteiger partial charge in [0.05, 0.1) is 6.42 Å². The molecule has 0 rings (SSSR count). The molecular weight excluding hydrogens is 262 g/mol. The first kappa shape index (κ1) is 18.4. The summed E-state index contributed by atoms with van der Waals surface area (Å²) in [6.45, 7) is 9.12. The number of hydrogen-bond donors (Lipinski definition) is 2. The third-order valence-corrected chi connectivity index (χ3v) is 2.30. The minimum atomic E-state index is -1.04. The number of carbonyl (C=O) groups is 3. The maximum atomic E-state index is 12.0. The van der Waals surface area contributed by atoms with Gasteiger partial charge < -0.3 is 15.2 Å². The molecule has 0 radical (unpaired) electrons. The van der Waals surface area contributed by atoms with E-state index in [0.717, 1.165) is 0 Å². The highest BCUT2D eigenvalue weighted by molar-refractivity contribution is 5.86. The molecule has 1 atom stereocenters. The minimum absolute atomic E-state index is 0.146. The zero-order valence-electron chi connectivity index (χ0n) is 12.9. The number of nitrogens with one attached hydrogen (secondary N) is 1. The van der Waals surface area contributed by atoms with Crippen LogP contribution in [0.3, 0.4) is 0 Å². The van der Waals surface area contributed by atoms with Crippen LogP contribution in [0.2, 0.25) is 0 Å². The standard InChI is InChI=1S/C14H25NO5/c1-9(2)8-10(13(19)20-14(3,4)5)15-11(16)6-7-12(17)18/h9-10H,6-8H2,1-5H3,(H,15,16)(H,17,18). The van der Waals surface area contributed by atoms with Crippen molar-refractivity contribution in [1.29, 1.82) is 0 Å². The van der Waals surface area contributed by atoms with Crippen LogP contribution in [-0.4, -0.2) is 34.6 Å². The summed E-state index contributed by atoms with van der Waals surface area (Å²) in [6, 6.07) is -0.740.